The number of nitrogens with two attached hydrogens (primary N) is 1. The Balaban J connectivity index is 2.03. The monoisotopic (exact) mass is 351 g/mol. The summed E-state index contributed by atoms with van der Waals surface area (Å²) in [7, 11) is 0. The molecule has 2 N–H and O–H groups in total. The van der Waals surface area contributed by atoms with Crippen LogP contribution in [0.4, 0.5) is 0 Å². The lowest BCUT2D eigenvalue weighted by Crippen LogP contribution is -2.18. The first-order valence-electron chi connectivity index (χ1n) is 5.77. The second kappa shape index (κ2) is 6.11. The van der Waals surface area contributed by atoms with Crippen molar-refractivity contribution in [3.63, 3.8) is 0 Å². The van der Waals surface area contributed by atoms with Crippen molar-refractivity contribution in [1.82, 2.24) is 0 Å². The maximum atomic E-state index is 11.9. The summed E-state index contributed by atoms with van der Waals surface area (Å²) in [6, 6.07) is 8.06. The van der Waals surface area contributed by atoms with Crippen LogP contribution in [0.1, 0.15) is 12.0 Å². The third kappa shape index (κ3) is 3.65. The fourth-order valence-electron chi connectivity index (χ4n) is 1.66. The van der Waals surface area contributed by atoms with Gasteiger partial charge in [0.05, 0.1) is 0 Å². The van der Waals surface area contributed by atoms with E-state index in [1.165, 1.54) is 3.57 Å². The standard InChI is InChI=1S/C15H14INO/c16-13-6-1-11(2-7-13)3-10-15(18)12-4-8-14(17)9-5-12/h1-8,10,14H,9,17H2/b10-3+. The van der Waals surface area contributed by atoms with Crippen molar-refractivity contribution < 1.29 is 4.79 Å². The SMILES string of the molecule is NC1C=CC(C(=O)/C=C/c2ccc(I)cc2)=CC1. The average Bonchev–Trinajstić information content (AvgIpc) is 2.38. The van der Waals surface area contributed by atoms with Crippen LogP contribution in [0.5, 0.6) is 0 Å². The van der Waals surface area contributed by atoms with Gasteiger partial charge in [0, 0.05) is 15.2 Å². The topological polar surface area (TPSA) is 43.1 Å². The summed E-state index contributed by atoms with van der Waals surface area (Å²) in [5.74, 6) is 0.0247. The van der Waals surface area contributed by atoms with Crippen LogP contribution in [0.2, 0.25) is 0 Å². The van der Waals surface area contributed by atoms with Gasteiger partial charge >= 0.3 is 0 Å². The van der Waals surface area contributed by atoms with Gasteiger partial charge in [-0.15, -0.1) is 0 Å². The van der Waals surface area contributed by atoms with Gasteiger partial charge in [0.1, 0.15) is 0 Å². The Kier molecular flexibility index (Phi) is 4.49. The molecule has 0 spiro atoms. The lowest BCUT2D eigenvalue weighted by molar-refractivity contribution is -0.111. The first-order chi connectivity index (χ1) is 8.65. The summed E-state index contributed by atoms with van der Waals surface area (Å²) < 4.78 is 1.18. The number of benzene rings is 1. The van der Waals surface area contributed by atoms with Crippen LogP contribution in [0.3, 0.4) is 0 Å². The van der Waals surface area contributed by atoms with Gasteiger partial charge in [-0.2, -0.15) is 0 Å². The second-order valence-electron chi connectivity index (χ2n) is 4.17. The van der Waals surface area contributed by atoms with Gasteiger partial charge in [-0.1, -0.05) is 36.4 Å². The smallest absolute Gasteiger partial charge is 0.185 e. The molecular formula is C15H14INO. The number of carbonyl (C=O) groups excluding carboxylic acids is 1. The molecule has 1 aliphatic rings. The van der Waals surface area contributed by atoms with E-state index in [1.54, 1.807) is 12.2 Å². The molecule has 1 aromatic rings. The average molecular weight is 351 g/mol. The molecule has 0 saturated carbocycles. The first-order valence-corrected chi connectivity index (χ1v) is 6.85. The largest absolute Gasteiger partial charge is 0.324 e. The molecule has 2 rings (SSSR count). The third-order valence-electron chi connectivity index (χ3n) is 2.71. The second-order valence-corrected chi connectivity index (χ2v) is 5.41. The summed E-state index contributed by atoms with van der Waals surface area (Å²) in [6.07, 6.45) is 9.73. The van der Waals surface area contributed by atoms with Crippen LogP contribution in [0, 0.1) is 3.57 Å². The Bertz CT molecular complexity index is 526. The summed E-state index contributed by atoms with van der Waals surface area (Å²) in [6.45, 7) is 0. The van der Waals surface area contributed by atoms with E-state index in [2.05, 4.69) is 22.6 Å². The molecule has 0 heterocycles. The van der Waals surface area contributed by atoms with E-state index in [0.29, 0.717) is 0 Å². The molecular weight excluding hydrogens is 337 g/mol. The van der Waals surface area contributed by atoms with Crippen LogP contribution < -0.4 is 5.73 Å². The normalized spacial score (nSPS) is 19.0. The van der Waals surface area contributed by atoms with Crippen LogP contribution in [0.25, 0.3) is 6.08 Å². The van der Waals surface area contributed by atoms with E-state index >= 15 is 0 Å². The number of hydrogen-bond donors (Lipinski definition) is 1. The zero-order chi connectivity index (χ0) is 13.0. The first kappa shape index (κ1) is 13.2. The van der Waals surface area contributed by atoms with E-state index in [-0.39, 0.29) is 11.8 Å². The number of ketones is 1. The quantitative estimate of drug-likeness (QED) is 0.672. The van der Waals surface area contributed by atoms with Crippen molar-refractivity contribution in [2.24, 2.45) is 5.73 Å². The highest BCUT2D eigenvalue weighted by Crippen LogP contribution is 2.12. The third-order valence-corrected chi connectivity index (χ3v) is 3.43. The molecule has 3 heteroatoms. The van der Waals surface area contributed by atoms with Gasteiger partial charge in [0.2, 0.25) is 0 Å². The van der Waals surface area contributed by atoms with Gasteiger partial charge < -0.3 is 5.73 Å². The Morgan fingerprint density at radius 3 is 2.67 bits per heavy atom. The van der Waals surface area contributed by atoms with Gasteiger partial charge in [0.25, 0.3) is 0 Å². The highest BCUT2D eigenvalue weighted by atomic mass is 127. The summed E-state index contributed by atoms with van der Waals surface area (Å²) >= 11 is 2.25. The van der Waals surface area contributed by atoms with Crippen molar-refractivity contribution in [2.45, 2.75) is 12.5 Å². The molecule has 1 aromatic carbocycles. The maximum absolute atomic E-state index is 11.9. The Morgan fingerprint density at radius 2 is 2.06 bits per heavy atom. The summed E-state index contributed by atoms with van der Waals surface area (Å²) in [5, 5.41) is 0. The van der Waals surface area contributed by atoms with Gasteiger partial charge in [-0.25, -0.2) is 0 Å². The molecule has 0 aromatic heterocycles. The number of halogens is 1. The minimum absolute atomic E-state index is 0.0247. The summed E-state index contributed by atoms with van der Waals surface area (Å²) in [4.78, 5) is 11.9. The molecule has 18 heavy (non-hydrogen) atoms. The molecule has 0 amide bonds. The van der Waals surface area contributed by atoms with Crippen molar-refractivity contribution >= 4 is 34.5 Å². The Labute approximate surface area is 120 Å². The Hall–Kier alpha value is -1.20. The van der Waals surface area contributed by atoms with E-state index < -0.39 is 0 Å². The molecule has 0 aliphatic heterocycles. The zero-order valence-corrected chi connectivity index (χ0v) is 12.0. The Morgan fingerprint density at radius 1 is 1.33 bits per heavy atom. The fourth-order valence-corrected chi connectivity index (χ4v) is 2.02. The number of allylic oxidation sites excluding steroid dienone is 3. The van der Waals surface area contributed by atoms with E-state index in [0.717, 1.165) is 17.6 Å². The highest BCUT2D eigenvalue weighted by molar-refractivity contribution is 14.1. The molecule has 1 unspecified atom stereocenters. The minimum Gasteiger partial charge on any atom is -0.324 e. The maximum Gasteiger partial charge on any atom is 0.185 e. The van der Waals surface area contributed by atoms with Gasteiger partial charge in [-0.3, -0.25) is 4.79 Å². The molecule has 0 saturated heterocycles. The van der Waals surface area contributed by atoms with Gasteiger partial charge in [-0.05, 0) is 52.8 Å². The fraction of sp³-hybridized carbons (Fsp3) is 0.133. The van der Waals surface area contributed by atoms with Crippen LogP contribution in [0.15, 0.2) is 54.1 Å². The van der Waals surface area contributed by atoms with E-state index in [1.807, 2.05) is 42.5 Å². The number of carbonyl (C=O) groups is 1. The van der Waals surface area contributed by atoms with Crippen molar-refractivity contribution in [3.05, 3.63) is 63.3 Å². The molecule has 92 valence electrons. The van der Waals surface area contributed by atoms with Crippen LogP contribution >= 0.6 is 22.6 Å². The predicted octanol–water partition coefficient (Wildman–Crippen LogP) is 3.09. The number of hydrogen-bond acceptors (Lipinski definition) is 2. The zero-order valence-electron chi connectivity index (χ0n) is 9.84. The van der Waals surface area contributed by atoms with Gasteiger partial charge in [0.15, 0.2) is 5.78 Å². The highest BCUT2D eigenvalue weighted by Gasteiger charge is 2.08. The molecule has 0 bridgehead atoms. The molecule has 0 fully saturated rings. The minimum atomic E-state index is 0.0247. The van der Waals surface area contributed by atoms with Crippen LogP contribution in [-0.2, 0) is 4.79 Å². The van der Waals surface area contributed by atoms with Crippen LogP contribution in [-0.4, -0.2) is 11.8 Å². The lowest BCUT2D eigenvalue weighted by Gasteiger charge is -2.09. The lowest BCUT2D eigenvalue weighted by atomic mass is 10.00. The van der Waals surface area contributed by atoms with Crippen molar-refractivity contribution in [2.75, 3.05) is 0 Å². The number of rotatable bonds is 3. The van der Waals surface area contributed by atoms with E-state index in [9.17, 15) is 4.79 Å². The molecule has 1 atom stereocenters. The van der Waals surface area contributed by atoms with Crippen molar-refractivity contribution in [3.8, 4) is 0 Å². The molecule has 1 aliphatic carbocycles. The molecule has 2 nitrogen and oxygen atoms in total. The molecule has 0 radical (unpaired) electrons. The summed E-state index contributed by atoms with van der Waals surface area (Å²) in [5.41, 5.74) is 7.46. The predicted molar refractivity (Wildman–Crippen MR) is 83.0 cm³/mol. The van der Waals surface area contributed by atoms with E-state index in [4.69, 9.17) is 5.73 Å². The van der Waals surface area contributed by atoms with Crippen molar-refractivity contribution in [1.29, 1.82) is 0 Å².